The smallest absolute Gasteiger partial charge is 0.417 e. The fourth-order valence-electron chi connectivity index (χ4n) is 4.32. The van der Waals surface area contributed by atoms with Gasteiger partial charge >= 0.3 is 12.1 Å². The zero-order valence-corrected chi connectivity index (χ0v) is 20.3. The topological polar surface area (TPSA) is 71.5 Å². The Morgan fingerprint density at radius 3 is 2.00 bits per heavy atom. The van der Waals surface area contributed by atoms with E-state index in [2.05, 4.69) is 10.3 Å². The molecular weight excluding hydrogens is 483 g/mol. The van der Waals surface area contributed by atoms with E-state index in [9.17, 15) is 22.8 Å². The van der Waals surface area contributed by atoms with Crippen LogP contribution in [0, 0.1) is 5.92 Å². The van der Waals surface area contributed by atoms with Gasteiger partial charge in [0.15, 0.2) is 6.10 Å². The number of piperidine rings is 1. The molecule has 3 aromatic rings. The summed E-state index contributed by atoms with van der Waals surface area (Å²) in [6, 6.07) is 21.0. The van der Waals surface area contributed by atoms with E-state index in [1.54, 1.807) is 6.92 Å². The molecule has 1 aliphatic rings. The molecule has 194 valence electrons. The molecule has 0 saturated carbocycles. The number of hydrogen-bond donors (Lipinski definition) is 1. The molecular formula is C28H28F3N3O3. The van der Waals surface area contributed by atoms with E-state index in [1.807, 2.05) is 65.6 Å². The minimum Gasteiger partial charge on any atom is -0.452 e. The first-order valence-electron chi connectivity index (χ1n) is 12.1. The van der Waals surface area contributed by atoms with Crippen molar-refractivity contribution in [2.24, 2.45) is 5.92 Å². The summed E-state index contributed by atoms with van der Waals surface area (Å²) >= 11 is 0. The number of carbonyl (C=O) groups is 2. The number of carbonyl (C=O) groups excluding carboxylic acids is 2. The monoisotopic (exact) mass is 511 g/mol. The molecule has 37 heavy (non-hydrogen) atoms. The minimum absolute atomic E-state index is 0.393. The number of nitrogens with zero attached hydrogens (tertiary/aromatic N) is 2. The lowest BCUT2D eigenvalue weighted by atomic mass is 9.97. The molecule has 0 radical (unpaired) electrons. The molecule has 9 heteroatoms. The zero-order chi connectivity index (χ0) is 26.4. The lowest BCUT2D eigenvalue weighted by molar-refractivity contribution is -0.159. The van der Waals surface area contributed by atoms with Crippen molar-refractivity contribution in [3.8, 4) is 0 Å². The molecule has 0 aliphatic carbocycles. The largest absolute Gasteiger partial charge is 0.452 e. The normalized spacial score (nSPS) is 15.3. The van der Waals surface area contributed by atoms with E-state index in [0.29, 0.717) is 31.7 Å². The fraction of sp³-hybridized carbons (Fsp3) is 0.321. The highest BCUT2D eigenvalue weighted by Gasteiger charge is 2.32. The van der Waals surface area contributed by atoms with Crippen LogP contribution in [0.5, 0.6) is 0 Å². The van der Waals surface area contributed by atoms with Crippen LogP contribution in [0.25, 0.3) is 0 Å². The summed E-state index contributed by atoms with van der Waals surface area (Å²) in [5.74, 6) is -0.837. The number of alkyl halides is 3. The number of amides is 1. The van der Waals surface area contributed by atoms with Gasteiger partial charge in [-0.15, -0.1) is 0 Å². The molecule has 0 spiro atoms. The molecule has 1 aliphatic heterocycles. The van der Waals surface area contributed by atoms with Crippen molar-refractivity contribution in [3.05, 3.63) is 95.7 Å². The Balaban J connectivity index is 1.32. The minimum atomic E-state index is -4.44. The van der Waals surface area contributed by atoms with Crippen molar-refractivity contribution >= 4 is 17.7 Å². The summed E-state index contributed by atoms with van der Waals surface area (Å²) in [7, 11) is 0. The van der Waals surface area contributed by atoms with E-state index >= 15 is 0 Å². The lowest BCUT2D eigenvalue weighted by Crippen LogP contribution is -2.41. The maximum atomic E-state index is 13.0. The predicted molar refractivity (Wildman–Crippen MR) is 133 cm³/mol. The van der Waals surface area contributed by atoms with E-state index in [0.717, 1.165) is 23.4 Å². The van der Waals surface area contributed by atoms with Gasteiger partial charge in [-0.3, -0.25) is 9.59 Å². The van der Waals surface area contributed by atoms with Crippen LogP contribution >= 0.6 is 0 Å². The molecule has 1 amide bonds. The van der Waals surface area contributed by atoms with E-state index in [-0.39, 0.29) is 0 Å². The van der Waals surface area contributed by atoms with Crippen molar-refractivity contribution in [1.82, 2.24) is 10.3 Å². The second-order valence-electron chi connectivity index (χ2n) is 9.01. The zero-order valence-electron chi connectivity index (χ0n) is 20.3. The second kappa shape index (κ2) is 11.5. The average Bonchev–Trinajstić information content (AvgIpc) is 2.92. The molecule has 1 atom stereocenters. The Kier molecular flexibility index (Phi) is 8.11. The molecule has 4 rings (SSSR count). The number of esters is 1. The van der Waals surface area contributed by atoms with Crippen LogP contribution in [0.4, 0.5) is 19.0 Å². The molecule has 1 aromatic heterocycles. The van der Waals surface area contributed by atoms with Crippen LogP contribution in [0.15, 0.2) is 79.0 Å². The molecule has 2 heterocycles. The number of aromatic nitrogens is 1. The highest BCUT2D eigenvalue weighted by Crippen LogP contribution is 2.30. The van der Waals surface area contributed by atoms with Gasteiger partial charge < -0.3 is 15.0 Å². The second-order valence-corrected chi connectivity index (χ2v) is 9.01. The number of ether oxygens (including phenoxy) is 1. The van der Waals surface area contributed by atoms with Gasteiger partial charge in [-0.25, -0.2) is 4.98 Å². The van der Waals surface area contributed by atoms with Gasteiger partial charge in [0, 0.05) is 19.3 Å². The number of halogens is 3. The number of benzene rings is 2. The Hall–Kier alpha value is -3.88. The third-order valence-corrected chi connectivity index (χ3v) is 6.44. The Bertz CT molecular complexity index is 1140. The quantitative estimate of drug-likeness (QED) is 0.444. The van der Waals surface area contributed by atoms with Gasteiger partial charge in [-0.2, -0.15) is 13.2 Å². The Morgan fingerprint density at radius 2 is 1.51 bits per heavy atom. The van der Waals surface area contributed by atoms with Gasteiger partial charge in [0.05, 0.1) is 17.5 Å². The SMILES string of the molecule is C[C@H](OC(=O)C1CCN(c2ccc(C(F)(F)F)cn2)CC1)C(=O)NC(c1ccccc1)c1ccccc1. The van der Waals surface area contributed by atoms with Crippen LogP contribution in [0.2, 0.25) is 0 Å². The summed E-state index contributed by atoms with van der Waals surface area (Å²) in [4.78, 5) is 31.5. The van der Waals surface area contributed by atoms with Gasteiger partial charge in [0.1, 0.15) is 5.82 Å². The van der Waals surface area contributed by atoms with Gasteiger partial charge in [-0.1, -0.05) is 60.7 Å². The number of anilines is 1. The van der Waals surface area contributed by atoms with Crippen LogP contribution in [0.3, 0.4) is 0 Å². The predicted octanol–water partition coefficient (Wildman–Crippen LogP) is 5.15. The average molecular weight is 512 g/mol. The van der Waals surface area contributed by atoms with E-state index in [4.69, 9.17) is 4.74 Å². The Labute approximate surface area is 213 Å². The maximum Gasteiger partial charge on any atom is 0.417 e. The summed E-state index contributed by atoms with van der Waals surface area (Å²) < 4.78 is 43.8. The van der Waals surface area contributed by atoms with Gasteiger partial charge in [0.25, 0.3) is 5.91 Å². The third-order valence-electron chi connectivity index (χ3n) is 6.44. The van der Waals surface area contributed by atoms with Crippen LogP contribution in [-0.2, 0) is 20.5 Å². The van der Waals surface area contributed by atoms with Crippen molar-refractivity contribution in [1.29, 1.82) is 0 Å². The first-order valence-corrected chi connectivity index (χ1v) is 12.1. The van der Waals surface area contributed by atoms with Gasteiger partial charge in [0.2, 0.25) is 0 Å². The first-order chi connectivity index (χ1) is 17.7. The third kappa shape index (κ3) is 6.67. The number of rotatable bonds is 7. The molecule has 1 N–H and O–H groups in total. The molecule has 0 unspecified atom stereocenters. The lowest BCUT2D eigenvalue weighted by Gasteiger charge is -2.32. The van der Waals surface area contributed by atoms with Crippen molar-refractivity contribution in [2.75, 3.05) is 18.0 Å². The summed E-state index contributed by atoms with van der Waals surface area (Å²) in [5.41, 5.74) is 1.01. The summed E-state index contributed by atoms with van der Waals surface area (Å²) in [6.07, 6.45) is -3.71. The van der Waals surface area contributed by atoms with Crippen LogP contribution in [-0.4, -0.2) is 36.1 Å². The number of hydrogen-bond acceptors (Lipinski definition) is 5. The fourth-order valence-corrected chi connectivity index (χ4v) is 4.32. The highest BCUT2D eigenvalue weighted by molar-refractivity contribution is 5.84. The number of pyridine rings is 1. The van der Waals surface area contributed by atoms with E-state index in [1.165, 1.54) is 6.07 Å². The van der Waals surface area contributed by atoms with Crippen molar-refractivity contribution in [3.63, 3.8) is 0 Å². The summed E-state index contributed by atoms with van der Waals surface area (Å²) in [6.45, 7) is 2.44. The maximum absolute atomic E-state index is 13.0. The molecule has 2 aromatic carbocycles. The first kappa shape index (κ1) is 26.2. The van der Waals surface area contributed by atoms with Crippen molar-refractivity contribution < 1.29 is 27.5 Å². The van der Waals surface area contributed by atoms with Crippen molar-refractivity contribution in [2.45, 2.75) is 38.1 Å². The van der Waals surface area contributed by atoms with E-state index < -0.39 is 41.7 Å². The standard InChI is InChI=1S/C28H28F3N3O3/c1-19(26(35)33-25(20-8-4-2-5-9-20)21-10-6-3-7-11-21)37-27(36)22-14-16-34(17-15-22)24-13-12-23(18-32-24)28(29,30)31/h2-13,18-19,22,25H,14-17H2,1H3,(H,33,35)/t19-/m0/s1. The molecule has 0 bridgehead atoms. The summed E-state index contributed by atoms with van der Waals surface area (Å²) in [5, 5.41) is 2.99. The molecule has 1 saturated heterocycles. The number of nitrogens with one attached hydrogen (secondary N) is 1. The molecule has 1 fully saturated rings. The molecule has 6 nitrogen and oxygen atoms in total. The highest BCUT2D eigenvalue weighted by atomic mass is 19.4. The van der Waals surface area contributed by atoms with Gasteiger partial charge in [-0.05, 0) is 43.0 Å². The Morgan fingerprint density at radius 1 is 0.946 bits per heavy atom. The van der Waals surface area contributed by atoms with Crippen LogP contribution < -0.4 is 10.2 Å². The van der Waals surface area contributed by atoms with Crippen LogP contribution in [0.1, 0.15) is 42.5 Å².